The van der Waals surface area contributed by atoms with Crippen LogP contribution in [0.2, 0.25) is 0 Å². The number of benzene rings is 1. The normalized spacial score (nSPS) is 21.3. The van der Waals surface area contributed by atoms with Crippen LogP contribution in [0.1, 0.15) is 58.4 Å². The average Bonchev–Trinajstić information content (AvgIpc) is 2.45. The van der Waals surface area contributed by atoms with Gasteiger partial charge in [-0.15, -0.1) is 0 Å². The van der Waals surface area contributed by atoms with E-state index < -0.39 is 0 Å². The van der Waals surface area contributed by atoms with E-state index in [1.54, 1.807) is 0 Å². The third kappa shape index (κ3) is 4.23. The van der Waals surface area contributed by atoms with Crippen LogP contribution in [0, 0.1) is 11.3 Å². The fraction of sp³-hybridized carbons (Fsp3) is 0.684. The summed E-state index contributed by atoms with van der Waals surface area (Å²) in [6, 6.07) is 9.12. The predicted octanol–water partition coefficient (Wildman–Crippen LogP) is 4.60. The second-order valence-electron chi connectivity index (χ2n) is 7.60. The lowest BCUT2D eigenvalue weighted by molar-refractivity contribution is 0.208. The van der Waals surface area contributed by atoms with Gasteiger partial charge in [-0.3, -0.25) is 0 Å². The molecule has 0 aliphatic carbocycles. The van der Waals surface area contributed by atoms with Gasteiger partial charge in [0.05, 0.1) is 6.61 Å². The topological polar surface area (TPSA) is 21.3 Å². The first-order valence-electron chi connectivity index (χ1n) is 8.30. The fourth-order valence-corrected chi connectivity index (χ4v) is 3.12. The SMILES string of the molecule is CNC(CC1CCOc2ccccc21)CC(C)C(C)(C)C. The van der Waals surface area contributed by atoms with Crippen LogP contribution in [0.5, 0.6) is 5.75 Å². The molecular weight excluding hydrogens is 258 g/mol. The molecule has 118 valence electrons. The molecule has 0 saturated carbocycles. The van der Waals surface area contributed by atoms with Crippen molar-refractivity contribution < 1.29 is 4.74 Å². The lowest BCUT2D eigenvalue weighted by atomic mass is 9.76. The summed E-state index contributed by atoms with van der Waals surface area (Å²) in [5.74, 6) is 2.43. The first-order valence-corrected chi connectivity index (χ1v) is 8.30. The Kier molecular flexibility index (Phi) is 5.32. The lowest BCUT2D eigenvalue weighted by Crippen LogP contribution is -2.33. The average molecular weight is 289 g/mol. The maximum Gasteiger partial charge on any atom is 0.122 e. The Morgan fingerprint density at radius 2 is 2.00 bits per heavy atom. The highest BCUT2D eigenvalue weighted by atomic mass is 16.5. The molecule has 1 aromatic carbocycles. The molecule has 0 radical (unpaired) electrons. The number of hydrogen-bond acceptors (Lipinski definition) is 2. The fourth-order valence-electron chi connectivity index (χ4n) is 3.12. The van der Waals surface area contributed by atoms with E-state index in [1.165, 1.54) is 18.4 Å². The third-order valence-electron chi connectivity index (χ3n) is 5.18. The van der Waals surface area contributed by atoms with Crippen LogP contribution in [0.25, 0.3) is 0 Å². The summed E-state index contributed by atoms with van der Waals surface area (Å²) in [6.07, 6.45) is 3.58. The second-order valence-corrected chi connectivity index (χ2v) is 7.60. The molecule has 0 spiro atoms. The quantitative estimate of drug-likeness (QED) is 0.855. The Morgan fingerprint density at radius 1 is 1.29 bits per heavy atom. The van der Waals surface area contributed by atoms with E-state index in [2.05, 4.69) is 64.3 Å². The van der Waals surface area contributed by atoms with Gasteiger partial charge in [0.1, 0.15) is 5.75 Å². The summed E-state index contributed by atoms with van der Waals surface area (Å²) in [7, 11) is 2.10. The van der Waals surface area contributed by atoms with Crippen LogP contribution in [-0.2, 0) is 0 Å². The summed E-state index contributed by atoms with van der Waals surface area (Å²) in [4.78, 5) is 0. The maximum atomic E-state index is 5.78. The van der Waals surface area contributed by atoms with E-state index in [-0.39, 0.29) is 0 Å². The van der Waals surface area contributed by atoms with E-state index >= 15 is 0 Å². The Balaban J connectivity index is 2.03. The molecule has 3 atom stereocenters. The molecule has 0 saturated heterocycles. The Morgan fingerprint density at radius 3 is 2.67 bits per heavy atom. The highest BCUT2D eigenvalue weighted by molar-refractivity contribution is 5.37. The van der Waals surface area contributed by atoms with Crippen LogP contribution in [0.15, 0.2) is 24.3 Å². The van der Waals surface area contributed by atoms with Gasteiger partial charge < -0.3 is 10.1 Å². The molecule has 0 bridgehead atoms. The number of hydrogen-bond donors (Lipinski definition) is 1. The first kappa shape index (κ1) is 16.4. The molecule has 2 nitrogen and oxygen atoms in total. The number of para-hydroxylation sites is 1. The molecule has 0 aromatic heterocycles. The predicted molar refractivity (Wildman–Crippen MR) is 90.0 cm³/mol. The Hall–Kier alpha value is -1.02. The molecule has 0 amide bonds. The van der Waals surface area contributed by atoms with Crippen LogP contribution in [0.4, 0.5) is 0 Å². The van der Waals surface area contributed by atoms with Crippen molar-refractivity contribution in [2.24, 2.45) is 11.3 Å². The number of rotatable bonds is 5. The van der Waals surface area contributed by atoms with Crippen LogP contribution < -0.4 is 10.1 Å². The smallest absolute Gasteiger partial charge is 0.122 e. The van der Waals surface area contributed by atoms with E-state index in [9.17, 15) is 0 Å². The van der Waals surface area contributed by atoms with Gasteiger partial charge in [0.15, 0.2) is 0 Å². The van der Waals surface area contributed by atoms with E-state index in [0.717, 1.165) is 18.8 Å². The van der Waals surface area contributed by atoms with E-state index in [1.807, 2.05) is 0 Å². The number of ether oxygens (including phenoxy) is 1. The minimum atomic E-state index is 0.378. The second kappa shape index (κ2) is 6.83. The molecular formula is C19H31NO. The largest absolute Gasteiger partial charge is 0.493 e. The zero-order valence-electron chi connectivity index (χ0n) is 14.3. The minimum absolute atomic E-state index is 0.378. The van der Waals surface area contributed by atoms with E-state index in [4.69, 9.17) is 4.74 Å². The number of nitrogens with one attached hydrogen (secondary N) is 1. The zero-order chi connectivity index (χ0) is 15.5. The van der Waals surface area contributed by atoms with Gasteiger partial charge in [0, 0.05) is 6.04 Å². The molecule has 1 aliphatic rings. The summed E-state index contributed by atoms with van der Waals surface area (Å²) in [5.41, 5.74) is 1.77. The van der Waals surface area contributed by atoms with Gasteiger partial charge in [-0.25, -0.2) is 0 Å². The van der Waals surface area contributed by atoms with Crippen molar-refractivity contribution in [1.29, 1.82) is 0 Å². The molecule has 1 N–H and O–H groups in total. The highest BCUT2D eigenvalue weighted by Crippen LogP contribution is 2.38. The van der Waals surface area contributed by atoms with Crippen LogP contribution >= 0.6 is 0 Å². The third-order valence-corrected chi connectivity index (χ3v) is 5.18. The molecule has 0 fully saturated rings. The van der Waals surface area contributed by atoms with Crippen molar-refractivity contribution in [2.75, 3.05) is 13.7 Å². The van der Waals surface area contributed by atoms with Crippen LogP contribution in [-0.4, -0.2) is 19.7 Å². The number of fused-ring (bicyclic) bond motifs is 1. The summed E-state index contributed by atoms with van der Waals surface area (Å²) in [6.45, 7) is 10.3. The molecule has 1 aliphatic heterocycles. The van der Waals surface area contributed by atoms with Crippen LogP contribution in [0.3, 0.4) is 0 Å². The standard InChI is InChI=1S/C19H31NO/c1-14(19(2,3)4)12-16(20-5)13-15-10-11-21-18-9-7-6-8-17(15)18/h6-9,14-16,20H,10-13H2,1-5H3. The van der Waals surface area contributed by atoms with Crippen molar-refractivity contribution in [2.45, 2.75) is 58.9 Å². The molecule has 21 heavy (non-hydrogen) atoms. The monoisotopic (exact) mass is 289 g/mol. The van der Waals surface area contributed by atoms with Gasteiger partial charge in [-0.2, -0.15) is 0 Å². The zero-order valence-corrected chi connectivity index (χ0v) is 14.3. The van der Waals surface area contributed by atoms with Gasteiger partial charge in [-0.1, -0.05) is 45.9 Å². The van der Waals surface area contributed by atoms with Crippen molar-refractivity contribution in [3.8, 4) is 5.75 Å². The van der Waals surface area contributed by atoms with Crippen molar-refractivity contribution in [3.05, 3.63) is 29.8 Å². The molecule has 2 rings (SSSR count). The van der Waals surface area contributed by atoms with Gasteiger partial charge in [0.2, 0.25) is 0 Å². The van der Waals surface area contributed by atoms with Gasteiger partial charge in [0.25, 0.3) is 0 Å². The van der Waals surface area contributed by atoms with Crippen molar-refractivity contribution in [1.82, 2.24) is 5.32 Å². The minimum Gasteiger partial charge on any atom is -0.493 e. The Labute approximate surface area is 130 Å². The van der Waals surface area contributed by atoms with Crippen molar-refractivity contribution >= 4 is 0 Å². The van der Waals surface area contributed by atoms with Gasteiger partial charge in [-0.05, 0) is 55.2 Å². The summed E-state index contributed by atoms with van der Waals surface area (Å²) < 4.78 is 5.78. The maximum absolute atomic E-state index is 5.78. The summed E-state index contributed by atoms with van der Waals surface area (Å²) in [5, 5.41) is 3.54. The molecule has 1 aromatic rings. The lowest BCUT2D eigenvalue weighted by Gasteiger charge is -2.33. The van der Waals surface area contributed by atoms with Gasteiger partial charge >= 0.3 is 0 Å². The molecule has 3 unspecified atom stereocenters. The summed E-state index contributed by atoms with van der Waals surface area (Å²) >= 11 is 0. The Bertz CT molecular complexity index is 449. The van der Waals surface area contributed by atoms with E-state index in [0.29, 0.717) is 23.3 Å². The first-order chi connectivity index (χ1) is 9.91. The molecule has 1 heterocycles. The highest BCUT2D eigenvalue weighted by Gasteiger charge is 2.27. The van der Waals surface area contributed by atoms with Crippen molar-refractivity contribution in [3.63, 3.8) is 0 Å². The molecule has 2 heteroatoms.